The maximum Gasteiger partial charge on any atom is 0.191 e. The highest BCUT2D eigenvalue weighted by molar-refractivity contribution is 5.79. The number of rotatable bonds is 9. The molecule has 1 aromatic carbocycles. The largest absolute Gasteiger partial charge is 0.383 e. The van der Waals surface area contributed by atoms with Gasteiger partial charge in [-0.05, 0) is 25.5 Å². The molecule has 0 aromatic heterocycles. The van der Waals surface area contributed by atoms with Crippen molar-refractivity contribution >= 4 is 11.6 Å². The van der Waals surface area contributed by atoms with Gasteiger partial charge in [0, 0.05) is 40.3 Å². The Morgan fingerprint density at radius 3 is 2.77 bits per heavy atom. The van der Waals surface area contributed by atoms with Gasteiger partial charge in [-0.3, -0.25) is 4.99 Å². The van der Waals surface area contributed by atoms with Gasteiger partial charge in [-0.1, -0.05) is 12.1 Å². The summed E-state index contributed by atoms with van der Waals surface area (Å²) in [5, 5.41) is 6.37. The molecular weight excluding hydrogens is 283 g/mol. The van der Waals surface area contributed by atoms with Crippen molar-refractivity contribution in [3.05, 3.63) is 30.1 Å². The zero-order valence-corrected chi connectivity index (χ0v) is 13.7. The Morgan fingerprint density at radius 2 is 2.09 bits per heavy atom. The van der Waals surface area contributed by atoms with E-state index in [2.05, 4.69) is 15.6 Å². The lowest BCUT2D eigenvalue weighted by molar-refractivity contribution is 0.203. The van der Waals surface area contributed by atoms with E-state index >= 15 is 0 Å². The lowest BCUT2D eigenvalue weighted by atomic mass is 10.2. The van der Waals surface area contributed by atoms with Crippen molar-refractivity contribution in [2.75, 3.05) is 51.8 Å². The van der Waals surface area contributed by atoms with Crippen LogP contribution in [0.5, 0.6) is 0 Å². The normalized spacial score (nSPS) is 11.4. The molecule has 5 nitrogen and oxygen atoms in total. The maximum absolute atomic E-state index is 13.6. The summed E-state index contributed by atoms with van der Waals surface area (Å²) in [6.07, 6.45) is 0.853. The summed E-state index contributed by atoms with van der Waals surface area (Å²) >= 11 is 0. The van der Waals surface area contributed by atoms with Crippen LogP contribution < -0.4 is 15.5 Å². The highest BCUT2D eigenvalue weighted by Gasteiger charge is 2.05. The third-order valence-electron chi connectivity index (χ3n) is 3.13. The van der Waals surface area contributed by atoms with Crippen LogP contribution in [-0.4, -0.2) is 52.9 Å². The molecule has 2 N–H and O–H groups in total. The average Bonchev–Trinajstić information content (AvgIpc) is 2.52. The highest BCUT2D eigenvalue weighted by atomic mass is 19.1. The van der Waals surface area contributed by atoms with Gasteiger partial charge in [-0.15, -0.1) is 0 Å². The van der Waals surface area contributed by atoms with Gasteiger partial charge in [0.05, 0.1) is 12.3 Å². The molecule has 0 saturated heterocycles. The molecule has 6 heteroatoms. The Morgan fingerprint density at radius 1 is 1.32 bits per heavy atom. The van der Waals surface area contributed by atoms with Crippen molar-refractivity contribution in [2.45, 2.75) is 13.3 Å². The molecule has 0 aliphatic carbocycles. The summed E-state index contributed by atoms with van der Waals surface area (Å²) in [4.78, 5) is 6.40. The van der Waals surface area contributed by atoms with Crippen LogP contribution >= 0.6 is 0 Å². The van der Waals surface area contributed by atoms with E-state index in [1.807, 2.05) is 24.9 Å². The third-order valence-corrected chi connectivity index (χ3v) is 3.13. The van der Waals surface area contributed by atoms with E-state index in [1.54, 1.807) is 19.2 Å². The predicted octanol–water partition coefficient (Wildman–Crippen LogP) is 1.85. The van der Waals surface area contributed by atoms with Crippen LogP contribution in [0, 0.1) is 5.82 Å². The highest BCUT2D eigenvalue weighted by Crippen LogP contribution is 2.16. The Bertz CT molecular complexity index is 454. The number of guanidine groups is 1. The fourth-order valence-corrected chi connectivity index (χ4v) is 1.99. The van der Waals surface area contributed by atoms with Gasteiger partial charge in [0.15, 0.2) is 5.96 Å². The number of para-hydroxylation sites is 1. The number of ether oxygens (including phenoxy) is 1. The van der Waals surface area contributed by atoms with E-state index in [9.17, 15) is 4.39 Å². The van der Waals surface area contributed by atoms with Gasteiger partial charge in [-0.25, -0.2) is 4.39 Å². The van der Waals surface area contributed by atoms with E-state index in [-0.39, 0.29) is 5.82 Å². The molecule has 0 unspecified atom stereocenters. The minimum absolute atomic E-state index is 0.192. The van der Waals surface area contributed by atoms with E-state index in [4.69, 9.17) is 4.74 Å². The minimum atomic E-state index is -0.192. The summed E-state index contributed by atoms with van der Waals surface area (Å²) in [7, 11) is 3.56. The number of hydrogen-bond acceptors (Lipinski definition) is 3. The second kappa shape index (κ2) is 10.8. The summed E-state index contributed by atoms with van der Waals surface area (Å²) in [5.74, 6) is 0.594. The molecule has 0 atom stereocenters. The van der Waals surface area contributed by atoms with E-state index in [0.29, 0.717) is 18.8 Å². The van der Waals surface area contributed by atoms with Crippen LogP contribution in [0.2, 0.25) is 0 Å². The van der Waals surface area contributed by atoms with Gasteiger partial charge < -0.3 is 20.3 Å². The van der Waals surface area contributed by atoms with Crippen LogP contribution in [0.15, 0.2) is 29.3 Å². The van der Waals surface area contributed by atoms with Crippen molar-refractivity contribution in [1.29, 1.82) is 0 Å². The smallest absolute Gasteiger partial charge is 0.191 e. The first-order valence-electron chi connectivity index (χ1n) is 7.65. The van der Waals surface area contributed by atoms with Crippen molar-refractivity contribution < 1.29 is 9.13 Å². The molecule has 0 heterocycles. The van der Waals surface area contributed by atoms with Gasteiger partial charge in [0.2, 0.25) is 0 Å². The molecule has 0 fully saturated rings. The first kappa shape index (κ1) is 18.2. The van der Waals surface area contributed by atoms with Crippen molar-refractivity contribution in [3.8, 4) is 0 Å². The van der Waals surface area contributed by atoms with Crippen molar-refractivity contribution in [3.63, 3.8) is 0 Å². The quantitative estimate of drug-likeness (QED) is 0.415. The fraction of sp³-hybridized carbons (Fsp3) is 0.562. The summed E-state index contributed by atoms with van der Waals surface area (Å²) in [6.45, 7) is 5.63. The lowest BCUT2D eigenvalue weighted by Crippen LogP contribution is -2.39. The van der Waals surface area contributed by atoms with Crippen LogP contribution in [0.1, 0.15) is 13.3 Å². The second-order valence-corrected chi connectivity index (χ2v) is 4.91. The standard InChI is InChI=1S/C16H27FN4O/c1-4-18-16(20-11-13-22-3)19-10-7-12-21(2)15-9-6-5-8-14(15)17/h5-6,8-9H,4,7,10-13H2,1-3H3,(H2,18,19,20). The lowest BCUT2D eigenvalue weighted by Gasteiger charge is -2.19. The number of hydrogen-bond donors (Lipinski definition) is 2. The van der Waals surface area contributed by atoms with Crippen LogP contribution in [0.25, 0.3) is 0 Å². The monoisotopic (exact) mass is 310 g/mol. The fourth-order valence-electron chi connectivity index (χ4n) is 1.99. The Hall–Kier alpha value is -1.82. The average molecular weight is 310 g/mol. The molecular formula is C16H27FN4O. The number of halogens is 1. The molecule has 1 rings (SSSR count). The first-order valence-corrected chi connectivity index (χ1v) is 7.65. The number of benzene rings is 1. The minimum Gasteiger partial charge on any atom is -0.383 e. The van der Waals surface area contributed by atoms with Gasteiger partial charge >= 0.3 is 0 Å². The van der Waals surface area contributed by atoms with E-state index < -0.39 is 0 Å². The molecule has 0 aliphatic heterocycles. The van der Waals surface area contributed by atoms with Crippen molar-refractivity contribution in [2.24, 2.45) is 4.99 Å². The van der Waals surface area contributed by atoms with E-state index in [1.165, 1.54) is 6.07 Å². The molecule has 0 radical (unpaired) electrons. The van der Waals surface area contributed by atoms with Crippen LogP contribution in [0.4, 0.5) is 10.1 Å². The Labute approximate surface area is 132 Å². The van der Waals surface area contributed by atoms with Gasteiger partial charge in [0.25, 0.3) is 0 Å². The number of aliphatic imine (C=N–C) groups is 1. The Kier molecular flexibility index (Phi) is 8.98. The molecule has 0 bridgehead atoms. The molecule has 124 valence electrons. The molecule has 0 saturated carbocycles. The SMILES string of the molecule is CCNC(=NCCCN(C)c1ccccc1F)NCCOC. The summed E-state index contributed by atoms with van der Waals surface area (Å²) in [5.41, 5.74) is 0.622. The number of nitrogens with one attached hydrogen (secondary N) is 2. The molecule has 22 heavy (non-hydrogen) atoms. The summed E-state index contributed by atoms with van der Waals surface area (Å²) in [6, 6.07) is 6.81. The molecule has 0 aliphatic rings. The molecule has 0 spiro atoms. The molecule has 1 aromatic rings. The van der Waals surface area contributed by atoms with Gasteiger partial charge in [0.1, 0.15) is 5.82 Å². The summed E-state index contributed by atoms with van der Waals surface area (Å²) < 4.78 is 18.6. The zero-order valence-electron chi connectivity index (χ0n) is 13.7. The van der Waals surface area contributed by atoms with E-state index in [0.717, 1.165) is 32.0 Å². The van der Waals surface area contributed by atoms with Crippen molar-refractivity contribution in [1.82, 2.24) is 10.6 Å². The number of nitrogens with zero attached hydrogens (tertiary/aromatic N) is 2. The van der Waals surface area contributed by atoms with Gasteiger partial charge in [-0.2, -0.15) is 0 Å². The molecule has 0 amide bonds. The third kappa shape index (κ3) is 6.76. The first-order chi connectivity index (χ1) is 10.7. The van der Waals surface area contributed by atoms with Crippen LogP contribution in [-0.2, 0) is 4.74 Å². The topological polar surface area (TPSA) is 48.9 Å². The second-order valence-electron chi connectivity index (χ2n) is 4.91. The number of anilines is 1. The maximum atomic E-state index is 13.6. The Balaban J connectivity index is 2.37. The zero-order chi connectivity index (χ0) is 16.2. The predicted molar refractivity (Wildman–Crippen MR) is 90.1 cm³/mol. The number of methoxy groups -OCH3 is 1. The van der Waals surface area contributed by atoms with Crippen LogP contribution in [0.3, 0.4) is 0 Å².